The molecule has 0 spiro atoms. The quantitative estimate of drug-likeness (QED) is 0.491. The number of aromatic nitrogens is 2. The van der Waals surface area contributed by atoms with Crippen LogP contribution in [0, 0.1) is 22.0 Å². The predicted molar refractivity (Wildman–Crippen MR) is 76.2 cm³/mol. The Morgan fingerprint density at radius 2 is 2.20 bits per heavy atom. The molecule has 1 saturated heterocycles. The molecular weight excluding hydrogens is 260 g/mol. The number of nitro groups is 1. The number of hydrogen-bond donors (Lipinski definition) is 2. The summed E-state index contributed by atoms with van der Waals surface area (Å²) in [6, 6.07) is 0.186. The summed E-state index contributed by atoms with van der Waals surface area (Å²) >= 11 is 0. The van der Waals surface area contributed by atoms with Crippen molar-refractivity contribution in [3.63, 3.8) is 0 Å². The van der Waals surface area contributed by atoms with Crippen molar-refractivity contribution in [1.29, 1.82) is 0 Å². The van der Waals surface area contributed by atoms with Gasteiger partial charge in [0, 0.05) is 12.6 Å². The molecular formula is C12H20N6O2. The van der Waals surface area contributed by atoms with Crippen molar-refractivity contribution in [2.75, 3.05) is 16.9 Å². The maximum Gasteiger partial charge on any atom is 0.329 e. The van der Waals surface area contributed by atoms with Crippen molar-refractivity contribution in [3.05, 3.63) is 16.3 Å². The Balaban J connectivity index is 2.45. The summed E-state index contributed by atoms with van der Waals surface area (Å²) in [5.74, 6) is 6.73. The summed E-state index contributed by atoms with van der Waals surface area (Å²) in [5, 5.41) is 11.2. The minimum absolute atomic E-state index is 0.0860. The zero-order chi connectivity index (χ0) is 14.9. The van der Waals surface area contributed by atoms with Crippen LogP contribution >= 0.6 is 0 Å². The Bertz CT molecular complexity index is 509. The summed E-state index contributed by atoms with van der Waals surface area (Å²) in [6.07, 6.45) is 2.31. The van der Waals surface area contributed by atoms with Crippen molar-refractivity contribution in [1.82, 2.24) is 9.97 Å². The summed E-state index contributed by atoms with van der Waals surface area (Å²) < 4.78 is 0. The Labute approximate surface area is 117 Å². The minimum atomic E-state index is -0.452. The Morgan fingerprint density at radius 1 is 1.50 bits per heavy atom. The van der Waals surface area contributed by atoms with Crippen LogP contribution in [-0.2, 0) is 0 Å². The van der Waals surface area contributed by atoms with Gasteiger partial charge in [0.25, 0.3) is 0 Å². The molecule has 2 rings (SSSR count). The second kappa shape index (κ2) is 5.58. The molecule has 0 aliphatic carbocycles. The van der Waals surface area contributed by atoms with E-state index in [-0.39, 0.29) is 17.7 Å². The highest BCUT2D eigenvalue weighted by Gasteiger charge is 2.34. The number of nitrogen functional groups attached to an aromatic ring is 1. The van der Waals surface area contributed by atoms with E-state index in [1.54, 1.807) is 0 Å². The number of nitrogens with one attached hydrogen (secondary N) is 1. The predicted octanol–water partition coefficient (Wildman–Crippen LogP) is 1.54. The molecule has 0 aromatic carbocycles. The topological polar surface area (TPSA) is 110 Å². The van der Waals surface area contributed by atoms with Gasteiger partial charge in [-0.15, -0.1) is 0 Å². The minimum Gasteiger partial charge on any atom is -0.348 e. The third-order valence-electron chi connectivity index (χ3n) is 3.95. The highest BCUT2D eigenvalue weighted by Crippen LogP contribution is 2.35. The molecule has 0 radical (unpaired) electrons. The fraction of sp³-hybridized carbons (Fsp3) is 0.667. The number of anilines is 2. The lowest BCUT2D eigenvalue weighted by Gasteiger charge is -2.41. The number of piperidine rings is 1. The van der Waals surface area contributed by atoms with Crippen molar-refractivity contribution < 1.29 is 4.92 Å². The molecule has 8 nitrogen and oxygen atoms in total. The third-order valence-corrected chi connectivity index (χ3v) is 3.95. The average Bonchev–Trinajstić information content (AvgIpc) is 2.42. The highest BCUT2D eigenvalue weighted by atomic mass is 16.6. The van der Waals surface area contributed by atoms with Gasteiger partial charge in [0.1, 0.15) is 6.20 Å². The van der Waals surface area contributed by atoms with Crippen LogP contribution in [-0.4, -0.2) is 27.5 Å². The smallest absolute Gasteiger partial charge is 0.329 e. The SMILES string of the molecule is CC1CC(C)C(C)N(c2nc(NN)ncc2[N+](=O)[O-])C1. The monoisotopic (exact) mass is 280 g/mol. The molecule has 1 fully saturated rings. The standard InChI is InChI=1S/C12H20N6O2/c1-7-4-8(2)9(3)17(6-7)11-10(18(19)20)5-14-12(15-11)16-13/h5,7-9H,4,6,13H2,1-3H3,(H,14,15,16). The lowest BCUT2D eigenvalue weighted by molar-refractivity contribution is -0.384. The van der Waals surface area contributed by atoms with Crippen LogP contribution in [0.1, 0.15) is 27.2 Å². The van der Waals surface area contributed by atoms with Gasteiger partial charge in [-0.1, -0.05) is 13.8 Å². The number of hydrogen-bond acceptors (Lipinski definition) is 7. The maximum absolute atomic E-state index is 11.2. The molecule has 1 aliphatic heterocycles. The van der Waals surface area contributed by atoms with Crippen LogP contribution in [0.2, 0.25) is 0 Å². The third kappa shape index (κ3) is 2.64. The first-order chi connectivity index (χ1) is 9.43. The van der Waals surface area contributed by atoms with Crippen molar-refractivity contribution >= 4 is 17.5 Å². The molecule has 110 valence electrons. The van der Waals surface area contributed by atoms with Crippen LogP contribution < -0.4 is 16.2 Å². The van der Waals surface area contributed by atoms with Gasteiger partial charge in [-0.3, -0.25) is 15.5 Å². The van der Waals surface area contributed by atoms with Crippen molar-refractivity contribution in [2.45, 2.75) is 33.2 Å². The van der Waals surface area contributed by atoms with Gasteiger partial charge in [-0.2, -0.15) is 4.98 Å². The van der Waals surface area contributed by atoms with Crippen molar-refractivity contribution in [2.24, 2.45) is 17.7 Å². The maximum atomic E-state index is 11.2. The first-order valence-corrected chi connectivity index (χ1v) is 6.68. The van der Waals surface area contributed by atoms with Crippen LogP contribution in [0.4, 0.5) is 17.5 Å². The molecule has 0 bridgehead atoms. The van der Waals surface area contributed by atoms with E-state index in [1.807, 2.05) is 4.90 Å². The second-order valence-electron chi connectivity index (χ2n) is 5.52. The lowest BCUT2D eigenvalue weighted by Crippen LogP contribution is -2.46. The van der Waals surface area contributed by atoms with E-state index in [2.05, 4.69) is 36.2 Å². The zero-order valence-electron chi connectivity index (χ0n) is 11.9. The van der Waals surface area contributed by atoms with E-state index in [0.29, 0.717) is 17.7 Å². The van der Waals surface area contributed by atoms with Crippen LogP contribution in [0.5, 0.6) is 0 Å². The van der Waals surface area contributed by atoms with Crippen LogP contribution in [0.15, 0.2) is 6.20 Å². The van der Waals surface area contributed by atoms with E-state index in [0.717, 1.165) is 13.0 Å². The van der Waals surface area contributed by atoms with Gasteiger partial charge < -0.3 is 4.90 Å². The van der Waals surface area contributed by atoms with E-state index in [4.69, 9.17) is 5.84 Å². The van der Waals surface area contributed by atoms with Crippen LogP contribution in [0.25, 0.3) is 0 Å². The number of hydrazine groups is 1. The number of nitrogens with zero attached hydrogens (tertiary/aromatic N) is 4. The fourth-order valence-electron chi connectivity index (χ4n) is 2.77. The van der Waals surface area contributed by atoms with Gasteiger partial charge in [0.2, 0.25) is 11.8 Å². The molecule has 0 amide bonds. The molecule has 1 aromatic heterocycles. The number of rotatable bonds is 3. The summed E-state index contributed by atoms with van der Waals surface area (Å²) in [6.45, 7) is 7.11. The molecule has 3 N–H and O–H groups in total. The summed E-state index contributed by atoms with van der Waals surface area (Å²) in [7, 11) is 0. The van der Waals surface area contributed by atoms with Gasteiger partial charge in [0.15, 0.2) is 0 Å². The number of nitrogens with two attached hydrogens (primary N) is 1. The first kappa shape index (κ1) is 14.4. The summed E-state index contributed by atoms with van der Waals surface area (Å²) in [4.78, 5) is 20.7. The Hall–Kier alpha value is -1.96. The van der Waals surface area contributed by atoms with Gasteiger partial charge in [-0.05, 0) is 25.2 Å². The molecule has 1 aromatic rings. The molecule has 3 atom stereocenters. The molecule has 2 heterocycles. The van der Waals surface area contributed by atoms with Gasteiger partial charge in [-0.25, -0.2) is 10.8 Å². The Morgan fingerprint density at radius 3 is 2.80 bits per heavy atom. The molecule has 1 aliphatic rings. The average molecular weight is 280 g/mol. The van der Waals surface area contributed by atoms with Crippen LogP contribution in [0.3, 0.4) is 0 Å². The normalized spacial score (nSPS) is 26.4. The molecule has 20 heavy (non-hydrogen) atoms. The molecule has 8 heteroatoms. The summed E-state index contributed by atoms with van der Waals surface area (Å²) in [5.41, 5.74) is 2.25. The molecule has 3 unspecified atom stereocenters. The van der Waals surface area contributed by atoms with E-state index < -0.39 is 4.92 Å². The Kier molecular flexibility index (Phi) is 4.03. The van der Waals surface area contributed by atoms with E-state index in [9.17, 15) is 10.1 Å². The first-order valence-electron chi connectivity index (χ1n) is 6.68. The molecule has 0 saturated carbocycles. The van der Waals surface area contributed by atoms with Gasteiger partial charge >= 0.3 is 5.69 Å². The highest BCUT2D eigenvalue weighted by molar-refractivity contribution is 5.59. The van der Waals surface area contributed by atoms with Gasteiger partial charge in [0.05, 0.1) is 4.92 Å². The van der Waals surface area contributed by atoms with E-state index >= 15 is 0 Å². The lowest BCUT2D eigenvalue weighted by atomic mass is 9.86. The zero-order valence-corrected chi connectivity index (χ0v) is 11.9. The van der Waals surface area contributed by atoms with Crippen molar-refractivity contribution in [3.8, 4) is 0 Å². The fourth-order valence-corrected chi connectivity index (χ4v) is 2.77. The second-order valence-corrected chi connectivity index (χ2v) is 5.52. The largest absolute Gasteiger partial charge is 0.348 e. The van der Waals surface area contributed by atoms with E-state index in [1.165, 1.54) is 6.20 Å².